The molecule has 0 radical (unpaired) electrons. The Labute approximate surface area is 216 Å². The van der Waals surface area contributed by atoms with E-state index in [0.29, 0.717) is 22.8 Å². The van der Waals surface area contributed by atoms with E-state index in [2.05, 4.69) is 30.5 Å². The van der Waals surface area contributed by atoms with E-state index in [4.69, 9.17) is 4.74 Å². The number of anilines is 3. The number of alkyl halides is 2. The van der Waals surface area contributed by atoms with Crippen LogP contribution in [0.1, 0.15) is 12.1 Å². The van der Waals surface area contributed by atoms with Crippen LogP contribution >= 0.6 is 0 Å². The van der Waals surface area contributed by atoms with Gasteiger partial charge in [-0.1, -0.05) is 0 Å². The fraction of sp³-hybridized carbons (Fsp3) is 0.222. The fourth-order valence-corrected chi connectivity index (χ4v) is 4.62. The zero-order valence-electron chi connectivity index (χ0n) is 20.5. The maximum absolute atomic E-state index is 15.5. The second-order valence-electron chi connectivity index (χ2n) is 9.02. The number of nitrogens with zero attached hydrogens (tertiary/aromatic N) is 5. The third kappa shape index (κ3) is 4.45. The zero-order valence-corrected chi connectivity index (χ0v) is 20.5. The molecule has 3 aromatic carbocycles. The molecule has 3 heterocycles. The van der Waals surface area contributed by atoms with Crippen LogP contribution in [-0.4, -0.2) is 45.7 Å². The monoisotopic (exact) mass is 519 g/mol. The number of halogens is 3. The molecule has 2 N–H and O–H groups in total. The van der Waals surface area contributed by atoms with Gasteiger partial charge in [0.25, 0.3) is 0 Å². The van der Waals surface area contributed by atoms with Gasteiger partial charge >= 0.3 is 6.55 Å². The van der Waals surface area contributed by atoms with Gasteiger partial charge in [0.05, 0.1) is 22.2 Å². The largest absolute Gasteiger partial charge is 0.457 e. The van der Waals surface area contributed by atoms with Gasteiger partial charge in [-0.15, -0.1) is 0 Å². The maximum Gasteiger partial charge on any atom is 0.320 e. The molecule has 0 spiro atoms. The zero-order chi connectivity index (χ0) is 26.2. The van der Waals surface area contributed by atoms with Gasteiger partial charge in [0.15, 0.2) is 5.82 Å². The molecule has 1 aliphatic rings. The minimum Gasteiger partial charge on any atom is -0.457 e. The van der Waals surface area contributed by atoms with Gasteiger partial charge in [0, 0.05) is 48.9 Å². The Hall–Kier alpha value is -4.38. The Morgan fingerprint density at radius 1 is 0.974 bits per heavy atom. The summed E-state index contributed by atoms with van der Waals surface area (Å²) in [5, 5.41) is 7.26. The average molecular weight is 520 g/mol. The summed E-state index contributed by atoms with van der Waals surface area (Å²) < 4.78 is 48.3. The molecule has 0 aliphatic carbocycles. The average Bonchev–Trinajstić information content (AvgIpc) is 3.37. The Morgan fingerprint density at radius 3 is 2.63 bits per heavy atom. The van der Waals surface area contributed by atoms with Gasteiger partial charge < -0.3 is 20.3 Å². The summed E-state index contributed by atoms with van der Waals surface area (Å²) in [7, 11) is 0. The van der Waals surface area contributed by atoms with Crippen LogP contribution in [0.2, 0.25) is 0 Å². The van der Waals surface area contributed by atoms with E-state index in [1.165, 1.54) is 12.4 Å². The molecule has 0 saturated carbocycles. The first kappa shape index (κ1) is 24.0. The minimum absolute atomic E-state index is 0.244. The van der Waals surface area contributed by atoms with Crippen molar-refractivity contribution < 1.29 is 17.9 Å². The molecule has 38 heavy (non-hydrogen) atoms. The van der Waals surface area contributed by atoms with Gasteiger partial charge in [-0.05, 0) is 49.4 Å². The predicted octanol–water partition coefficient (Wildman–Crippen LogP) is 5.77. The third-order valence-electron chi connectivity index (χ3n) is 6.68. The van der Waals surface area contributed by atoms with E-state index < -0.39 is 12.4 Å². The summed E-state index contributed by atoms with van der Waals surface area (Å²) in [6.07, 6.45) is 2.52. The van der Waals surface area contributed by atoms with Gasteiger partial charge in [0.1, 0.15) is 30.0 Å². The summed E-state index contributed by atoms with van der Waals surface area (Å²) in [5.74, 6) is 0.672. The predicted molar refractivity (Wildman–Crippen MR) is 140 cm³/mol. The molecule has 6 rings (SSSR count). The molecular formula is C27H24F3N7O. The van der Waals surface area contributed by atoms with Crippen LogP contribution in [0.25, 0.3) is 21.9 Å². The second-order valence-corrected chi connectivity index (χ2v) is 9.02. The van der Waals surface area contributed by atoms with Crippen LogP contribution in [0.15, 0.2) is 61.2 Å². The van der Waals surface area contributed by atoms with Gasteiger partial charge in [-0.3, -0.25) is 4.57 Å². The molecule has 0 unspecified atom stereocenters. The van der Waals surface area contributed by atoms with E-state index in [1.807, 2.05) is 18.2 Å². The summed E-state index contributed by atoms with van der Waals surface area (Å²) >= 11 is 0. The Kier molecular flexibility index (Phi) is 6.20. The SMILES string of the molecule is Cc1c(Oc2ccc3c(c2)ncn3C(F)F)ccc(Nc2ncnc3ccc(N4CCNCC4)cc23)c1F. The first-order chi connectivity index (χ1) is 18.5. The van der Waals surface area contributed by atoms with Crippen LogP contribution in [-0.2, 0) is 0 Å². The summed E-state index contributed by atoms with van der Waals surface area (Å²) in [5.41, 5.74) is 2.99. The lowest BCUT2D eigenvalue weighted by molar-refractivity contribution is 0.0746. The van der Waals surface area contributed by atoms with Crippen molar-refractivity contribution in [2.45, 2.75) is 13.5 Å². The number of rotatable bonds is 6. The second kappa shape index (κ2) is 9.82. The van der Waals surface area contributed by atoms with E-state index in [1.54, 1.807) is 31.2 Å². The number of fused-ring (bicyclic) bond motifs is 2. The molecule has 0 amide bonds. The molecule has 8 nitrogen and oxygen atoms in total. The van der Waals surface area contributed by atoms with Crippen LogP contribution in [0.3, 0.4) is 0 Å². The first-order valence-corrected chi connectivity index (χ1v) is 12.2. The highest BCUT2D eigenvalue weighted by Crippen LogP contribution is 2.34. The highest BCUT2D eigenvalue weighted by Gasteiger charge is 2.17. The van der Waals surface area contributed by atoms with E-state index in [0.717, 1.165) is 53.7 Å². The lowest BCUT2D eigenvalue weighted by Gasteiger charge is -2.29. The van der Waals surface area contributed by atoms with Crippen LogP contribution < -0.4 is 20.3 Å². The molecule has 0 atom stereocenters. The molecular weight excluding hydrogens is 495 g/mol. The number of aromatic nitrogens is 4. The molecule has 1 saturated heterocycles. The number of hydrogen-bond acceptors (Lipinski definition) is 7. The van der Waals surface area contributed by atoms with Crippen LogP contribution in [0.5, 0.6) is 11.5 Å². The highest BCUT2D eigenvalue weighted by molar-refractivity contribution is 5.93. The third-order valence-corrected chi connectivity index (χ3v) is 6.68. The lowest BCUT2D eigenvalue weighted by Crippen LogP contribution is -2.43. The van der Waals surface area contributed by atoms with Crippen molar-refractivity contribution >= 4 is 39.1 Å². The number of hydrogen-bond donors (Lipinski definition) is 2. The first-order valence-electron chi connectivity index (χ1n) is 12.2. The van der Waals surface area contributed by atoms with Crippen LogP contribution in [0.4, 0.5) is 30.4 Å². The normalized spacial score (nSPS) is 14.0. The lowest BCUT2D eigenvalue weighted by atomic mass is 10.1. The van der Waals surface area contributed by atoms with Gasteiger partial charge in [-0.2, -0.15) is 8.78 Å². The summed E-state index contributed by atoms with van der Waals surface area (Å²) in [6, 6.07) is 13.8. The Balaban J connectivity index is 1.27. The van der Waals surface area contributed by atoms with Crippen molar-refractivity contribution in [3.8, 4) is 11.5 Å². The summed E-state index contributed by atoms with van der Waals surface area (Å²) in [4.78, 5) is 15.0. The smallest absolute Gasteiger partial charge is 0.320 e. The van der Waals surface area contributed by atoms with E-state index >= 15 is 4.39 Å². The quantitative estimate of drug-likeness (QED) is 0.295. The van der Waals surface area contributed by atoms with Crippen molar-refractivity contribution in [3.05, 3.63) is 72.6 Å². The standard InChI is InChI=1S/C27H24F3N7O/c1-16-24(38-18-3-6-23-22(13-18)34-15-37(23)27(29)30)7-5-21(25(16)28)35-26-19-12-17(36-10-8-31-9-11-36)2-4-20(19)32-14-33-26/h2-7,12-15,27,31H,8-11H2,1H3,(H,32,33,35). The molecule has 0 bridgehead atoms. The number of benzene rings is 3. The van der Waals surface area contributed by atoms with Crippen LogP contribution in [0, 0.1) is 12.7 Å². The highest BCUT2D eigenvalue weighted by atomic mass is 19.3. The number of nitrogens with one attached hydrogen (secondary N) is 2. The topological polar surface area (TPSA) is 80.1 Å². The maximum atomic E-state index is 15.5. The minimum atomic E-state index is -2.69. The van der Waals surface area contributed by atoms with Crippen molar-refractivity contribution in [1.82, 2.24) is 24.8 Å². The molecule has 2 aromatic heterocycles. The number of ether oxygens (including phenoxy) is 1. The molecule has 11 heteroatoms. The van der Waals surface area contributed by atoms with Crippen molar-refractivity contribution in [1.29, 1.82) is 0 Å². The van der Waals surface area contributed by atoms with Crippen molar-refractivity contribution in [2.24, 2.45) is 0 Å². The number of piperazine rings is 1. The summed E-state index contributed by atoms with van der Waals surface area (Å²) in [6.45, 7) is 2.56. The molecule has 5 aromatic rings. The molecule has 194 valence electrons. The molecule has 1 aliphatic heterocycles. The number of imidazole rings is 1. The molecule has 1 fully saturated rings. The van der Waals surface area contributed by atoms with E-state index in [9.17, 15) is 8.78 Å². The van der Waals surface area contributed by atoms with Crippen molar-refractivity contribution in [2.75, 3.05) is 36.4 Å². The van der Waals surface area contributed by atoms with E-state index in [-0.39, 0.29) is 16.8 Å². The Morgan fingerprint density at radius 2 is 1.82 bits per heavy atom. The van der Waals surface area contributed by atoms with Crippen molar-refractivity contribution in [3.63, 3.8) is 0 Å². The van der Waals surface area contributed by atoms with Gasteiger partial charge in [0.2, 0.25) is 0 Å². The van der Waals surface area contributed by atoms with Gasteiger partial charge in [-0.25, -0.2) is 19.3 Å². The fourth-order valence-electron chi connectivity index (χ4n) is 4.62. The Bertz CT molecular complexity index is 1630.